The molecule has 0 saturated carbocycles. The second-order valence-corrected chi connectivity index (χ2v) is 3.02. The van der Waals surface area contributed by atoms with Crippen LogP contribution in [0.4, 0.5) is 0 Å². The first-order valence-electron chi connectivity index (χ1n) is 4.13. The van der Waals surface area contributed by atoms with E-state index in [1.807, 2.05) is 6.07 Å². The lowest BCUT2D eigenvalue weighted by Crippen LogP contribution is -1.95. The van der Waals surface area contributed by atoms with Gasteiger partial charge in [-0.2, -0.15) is 0 Å². The zero-order chi connectivity index (χ0) is 10.1. The molecule has 69 valence electrons. The van der Waals surface area contributed by atoms with Crippen molar-refractivity contribution in [2.45, 2.75) is 0 Å². The van der Waals surface area contributed by atoms with Gasteiger partial charge in [0.25, 0.3) is 0 Å². The third kappa shape index (κ3) is 1.44. The zero-order valence-electron chi connectivity index (χ0n) is 7.40. The van der Waals surface area contributed by atoms with Gasteiger partial charge in [0.05, 0.1) is 11.1 Å². The molecule has 0 aliphatic heterocycles. The Morgan fingerprint density at radius 3 is 2.79 bits per heavy atom. The fourth-order valence-corrected chi connectivity index (χ4v) is 1.30. The van der Waals surface area contributed by atoms with E-state index in [4.69, 9.17) is 5.11 Å². The summed E-state index contributed by atoms with van der Waals surface area (Å²) in [5.41, 5.74) is 1.72. The number of carboxylic acid groups (broad SMARTS) is 1. The molecule has 0 amide bonds. The average molecular weight is 186 g/mol. The van der Waals surface area contributed by atoms with E-state index in [1.54, 1.807) is 18.2 Å². The lowest BCUT2D eigenvalue weighted by atomic mass is 10.1. The Labute approximate surface area is 81.0 Å². The van der Waals surface area contributed by atoms with Gasteiger partial charge in [-0.1, -0.05) is 6.07 Å². The molecule has 0 unspecified atom stereocenters. The number of fused-ring (bicyclic) bond motifs is 1. The maximum Gasteiger partial charge on any atom is 0.335 e. The number of hydrogen-bond acceptors (Lipinski definition) is 2. The Hall–Kier alpha value is -1.90. The van der Waals surface area contributed by atoms with Gasteiger partial charge in [0.15, 0.2) is 0 Å². The van der Waals surface area contributed by atoms with Crippen molar-refractivity contribution < 1.29 is 9.90 Å². The molecule has 3 nitrogen and oxygen atoms in total. The maximum atomic E-state index is 10.7. The van der Waals surface area contributed by atoms with Gasteiger partial charge in [-0.05, 0) is 31.2 Å². The number of nitrogens with zero attached hydrogens (tertiary/aromatic N) is 1. The summed E-state index contributed by atoms with van der Waals surface area (Å²) in [4.78, 5) is 14.9. The van der Waals surface area contributed by atoms with Gasteiger partial charge in [-0.3, -0.25) is 4.98 Å². The lowest BCUT2D eigenvalue weighted by Gasteiger charge is -1.99. The van der Waals surface area contributed by atoms with Crippen LogP contribution in [0.15, 0.2) is 30.3 Å². The summed E-state index contributed by atoms with van der Waals surface area (Å²) in [6.07, 6.45) is 0. The van der Waals surface area contributed by atoms with Crippen molar-refractivity contribution in [3.8, 4) is 0 Å². The average Bonchev–Trinajstić information content (AvgIpc) is 2.16. The molecule has 2 aromatic rings. The molecular weight excluding hydrogens is 178 g/mol. The standard InChI is InChI=1S/C11H8NO2/c1-7-2-3-8-6-9(11(13)14)4-5-10(8)12-7/h2-6H,1H2,(H,13,14). The van der Waals surface area contributed by atoms with Crippen LogP contribution in [0.5, 0.6) is 0 Å². The molecule has 1 N–H and O–H groups in total. The van der Waals surface area contributed by atoms with E-state index in [0.29, 0.717) is 5.69 Å². The predicted octanol–water partition coefficient (Wildman–Crippen LogP) is 2.12. The van der Waals surface area contributed by atoms with Crippen molar-refractivity contribution in [2.24, 2.45) is 0 Å². The fourth-order valence-electron chi connectivity index (χ4n) is 1.30. The number of rotatable bonds is 1. The molecule has 0 aliphatic rings. The monoisotopic (exact) mass is 186 g/mol. The minimum Gasteiger partial charge on any atom is -0.478 e. The highest BCUT2D eigenvalue weighted by molar-refractivity contribution is 5.93. The SMILES string of the molecule is [CH2]c1ccc2cc(C(=O)O)ccc2n1. The highest BCUT2D eigenvalue weighted by atomic mass is 16.4. The first kappa shape index (κ1) is 8.69. The van der Waals surface area contributed by atoms with Crippen LogP contribution in [0, 0.1) is 6.92 Å². The second kappa shape index (κ2) is 3.10. The van der Waals surface area contributed by atoms with E-state index < -0.39 is 5.97 Å². The molecule has 14 heavy (non-hydrogen) atoms. The van der Waals surface area contributed by atoms with Gasteiger partial charge in [0.1, 0.15) is 0 Å². The Morgan fingerprint density at radius 1 is 1.29 bits per heavy atom. The smallest absolute Gasteiger partial charge is 0.335 e. The topological polar surface area (TPSA) is 50.2 Å². The molecule has 0 saturated heterocycles. The van der Waals surface area contributed by atoms with Crippen LogP contribution in [-0.4, -0.2) is 16.1 Å². The van der Waals surface area contributed by atoms with Crippen molar-refractivity contribution in [1.29, 1.82) is 0 Å². The third-order valence-corrected chi connectivity index (χ3v) is 1.99. The summed E-state index contributed by atoms with van der Waals surface area (Å²) in [6, 6.07) is 8.40. The van der Waals surface area contributed by atoms with E-state index in [9.17, 15) is 4.79 Å². The van der Waals surface area contributed by atoms with Crippen LogP contribution in [0.1, 0.15) is 16.1 Å². The van der Waals surface area contributed by atoms with Crippen molar-refractivity contribution in [1.82, 2.24) is 4.98 Å². The maximum absolute atomic E-state index is 10.7. The van der Waals surface area contributed by atoms with Crippen LogP contribution < -0.4 is 0 Å². The number of benzene rings is 1. The van der Waals surface area contributed by atoms with Gasteiger partial charge in [-0.15, -0.1) is 0 Å². The highest BCUT2D eigenvalue weighted by Gasteiger charge is 2.03. The summed E-state index contributed by atoms with van der Waals surface area (Å²) in [5, 5.41) is 9.58. The summed E-state index contributed by atoms with van der Waals surface area (Å²) in [6.45, 7) is 3.70. The molecule has 0 spiro atoms. The number of aromatic nitrogens is 1. The van der Waals surface area contributed by atoms with Gasteiger partial charge in [-0.25, -0.2) is 4.79 Å². The molecule has 1 aromatic carbocycles. The number of aromatic carboxylic acids is 1. The number of carboxylic acids is 1. The Morgan fingerprint density at radius 2 is 2.07 bits per heavy atom. The number of hydrogen-bond donors (Lipinski definition) is 1. The largest absolute Gasteiger partial charge is 0.478 e. The van der Waals surface area contributed by atoms with Crippen molar-refractivity contribution in [2.75, 3.05) is 0 Å². The molecule has 3 heteroatoms. The minimum absolute atomic E-state index is 0.274. The second-order valence-electron chi connectivity index (χ2n) is 3.02. The van der Waals surface area contributed by atoms with Crippen LogP contribution in [0.25, 0.3) is 10.9 Å². The predicted molar refractivity (Wildman–Crippen MR) is 53.2 cm³/mol. The summed E-state index contributed by atoms with van der Waals surface area (Å²) in [5.74, 6) is -0.925. The Kier molecular flexibility index (Phi) is 1.93. The molecule has 0 bridgehead atoms. The Balaban J connectivity index is 2.67. The van der Waals surface area contributed by atoms with Gasteiger partial charge >= 0.3 is 5.97 Å². The summed E-state index contributed by atoms with van der Waals surface area (Å²) in [7, 11) is 0. The molecular formula is C11H8NO2. The van der Waals surface area contributed by atoms with Crippen LogP contribution in [0.3, 0.4) is 0 Å². The quantitative estimate of drug-likeness (QED) is 0.742. The normalized spacial score (nSPS) is 10.4. The molecule has 1 aromatic heterocycles. The lowest BCUT2D eigenvalue weighted by molar-refractivity contribution is 0.0697. The van der Waals surface area contributed by atoms with Gasteiger partial charge in [0, 0.05) is 11.1 Å². The van der Waals surface area contributed by atoms with E-state index in [2.05, 4.69) is 11.9 Å². The fraction of sp³-hybridized carbons (Fsp3) is 0. The third-order valence-electron chi connectivity index (χ3n) is 1.99. The molecule has 0 atom stereocenters. The van der Waals surface area contributed by atoms with Gasteiger partial charge < -0.3 is 5.11 Å². The summed E-state index contributed by atoms with van der Waals surface area (Å²) < 4.78 is 0. The van der Waals surface area contributed by atoms with Crippen LogP contribution >= 0.6 is 0 Å². The molecule has 1 radical (unpaired) electrons. The van der Waals surface area contributed by atoms with Crippen molar-refractivity contribution >= 4 is 16.9 Å². The first-order valence-corrected chi connectivity index (χ1v) is 4.13. The Bertz CT molecular complexity index is 506. The van der Waals surface area contributed by atoms with Gasteiger partial charge in [0.2, 0.25) is 0 Å². The zero-order valence-corrected chi connectivity index (χ0v) is 7.40. The van der Waals surface area contributed by atoms with Crippen LogP contribution in [-0.2, 0) is 0 Å². The molecule has 2 rings (SSSR count). The van der Waals surface area contributed by atoms with Crippen molar-refractivity contribution in [3.63, 3.8) is 0 Å². The van der Waals surface area contributed by atoms with Crippen molar-refractivity contribution in [3.05, 3.63) is 48.5 Å². The molecule has 0 aliphatic carbocycles. The van der Waals surface area contributed by atoms with Crippen LogP contribution in [0.2, 0.25) is 0 Å². The first-order chi connectivity index (χ1) is 6.66. The number of pyridine rings is 1. The molecule has 0 fully saturated rings. The van der Waals surface area contributed by atoms with E-state index in [0.717, 1.165) is 10.9 Å². The minimum atomic E-state index is -0.925. The summed E-state index contributed by atoms with van der Waals surface area (Å²) >= 11 is 0. The van der Waals surface area contributed by atoms with E-state index >= 15 is 0 Å². The highest BCUT2D eigenvalue weighted by Crippen LogP contribution is 2.14. The number of carbonyl (C=O) groups is 1. The van der Waals surface area contributed by atoms with E-state index in [-0.39, 0.29) is 5.56 Å². The van der Waals surface area contributed by atoms with E-state index in [1.165, 1.54) is 6.07 Å². The molecule has 1 heterocycles.